The number of nitrogens with one attached hydrogen (secondary N) is 2. The molecule has 7 nitrogen and oxygen atoms in total. The Hall–Kier alpha value is -1.70. The van der Waals surface area contributed by atoms with E-state index in [9.17, 15) is 14.9 Å². The van der Waals surface area contributed by atoms with Gasteiger partial charge in [-0.3, -0.25) is 19.8 Å². The Morgan fingerprint density at radius 1 is 1.33 bits per heavy atom. The van der Waals surface area contributed by atoms with Crippen molar-refractivity contribution in [2.45, 2.75) is 19.3 Å². The Morgan fingerprint density at radius 2 is 2.00 bits per heavy atom. The molecule has 1 aromatic carbocycles. The lowest BCUT2D eigenvalue weighted by Crippen LogP contribution is -2.39. The number of anilines is 1. The van der Waals surface area contributed by atoms with Crippen LogP contribution in [0.25, 0.3) is 0 Å². The number of hydrogen-bond acceptors (Lipinski definition) is 5. The van der Waals surface area contributed by atoms with Crippen molar-refractivity contribution in [2.24, 2.45) is 5.92 Å². The highest BCUT2D eigenvalue weighted by atomic mass is 35.5. The second-order valence-electron chi connectivity index (χ2n) is 5.93. The zero-order valence-electron chi connectivity index (χ0n) is 13.9. The Balaban J connectivity index is 0.00000288. The number of rotatable bonds is 7. The van der Waals surface area contributed by atoms with Crippen LogP contribution in [0.5, 0.6) is 0 Å². The van der Waals surface area contributed by atoms with Gasteiger partial charge in [-0.2, -0.15) is 0 Å². The average Bonchev–Trinajstić information content (AvgIpc) is 2.54. The molecule has 0 radical (unpaired) electrons. The fraction of sp³-hybridized carbons (Fsp3) is 0.562. The first kappa shape index (κ1) is 20.3. The fourth-order valence-electron chi connectivity index (χ4n) is 2.91. The molecule has 0 bridgehead atoms. The lowest BCUT2D eigenvalue weighted by atomic mass is 9.93. The molecule has 24 heavy (non-hydrogen) atoms. The molecule has 0 aliphatic carbocycles. The summed E-state index contributed by atoms with van der Waals surface area (Å²) in [7, 11) is 1.96. The van der Waals surface area contributed by atoms with Crippen LogP contribution >= 0.6 is 12.4 Å². The number of nitro benzene ring substituents is 1. The van der Waals surface area contributed by atoms with E-state index in [4.69, 9.17) is 0 Å². The van der Waals surface area contributed by atoms with Crippen LogP contribution < -0.4 is 10.6 Å². The number of para-hydroxylation sites is 2. The number of likely N-dealkylation sites (tertiary alicyclic amines) is 1. The highest BCUT2D eigenvalue weighted by Crippen LogP contribution is 2.23. The van der Waals surface area contributed by atoms with E-state index in [-0.39, 0.29) is 36.2 Å². The molecule has 0 aromatic heterocycles. The third-order valence-corrected chi connectivity index (χ3v) is 4.25. The number of nitro groups is 1. The molecule has 0 atom stereocenters. The summed E-state index contributed by atoms with van der Waals surface area (Å²) in [5.74, 6) is 0.518. The molecule has 0 unspecified atom stereocenters. The van der Waals surface area contributed by atoms with Crippen LogP contribution in [-0.2, 0) is 4.79 Å². The van der Waals surface area contributed by atoms with Gasteiger partial charge in [0.25, 0.3) is 5.69 Å². The number of amides is 1. The molecule has 134 valence electrons. The van der Waals surface area contributed by atoms with Gasteiger partial charge in [0.05, 0.1) is 11.5 Å². The van der Waals surface area contributed by atoms with Crippen molar-refractivity contribution >= 4 is 29.7 Å². The topological polar surface area (TPSA) is 87.5 Å². The SMILES string of the molecule is CNCCC1CCN(CC(=O)Nc2ccccc2[N+](=O)[O-])CC1.Cl. The quantitative estimate of drug-likeness (QED) is 0.578. The van der Waals surface area contributed by atoms with Gasteiger partial charge < -0.3 is 10.6 Å². The van der Waals surface area contributed by atoms with E-state index in [1.165, 1.54) is 12.5 Å². The molecule has 1 aliphatic heterocycles. The van der Waals surface area contributed by atoms with Crippen LogP contribution in [0.15, 0.2) is 24.3 Å². The molecule has 1 aromatic rings. The molecule has 1 heterocycles. The van der Waals surface area contributed by atoms with E-state index < -0.39 is 4.92 Å². The van der Waals surface area contributed by atoms with Crippen LogP contribution in [0.1, 0.15) is 19.3 Å². The van der Waals surface area contributed by atoms with Gasteiger partial charge >= 0.3 is 0 Å². The first-order valence-corrected chi connectivity index (χ1v) is 8.00. The minimum absolute atomic E-state index is 0. The zero-order chi connectivity index (χ0) is 16.7. The molecular formula is C16H25ClN4O3. The molecule has 1 aliphatic rings. The summed E-state index contributed by atoms with van der Waals surface area (Å²) in [5.41, 5.74) is 0.179. The maximum Gasteiger partial charge on any atom is 0.292 e. The Morgan fingerprint density at radius 3 is 2.62 bits per heavy atom. The Bertz CT molecular complexity index is 548. The van der Waals surface area contributed by atoms with Crippen molar-refractivity contribution in [3.8, 4) is 0 Å². The van der Waals surface area contributed by atoms with Gasteiger partial charge in [-0.05, 0) is 57.9 Å². The summed E-state index contributed by atoms with van der Waals surface area (Å²) >= 11 is 0. The zero-order valence-corrected chi connectivity index (χ0v) is 14.7. The largest absolute Gasteiger partial charge is 0.320 e. The third kappa shape index (κ3) is 6.07. The Kier molecular flexibility index (Phi) is 8.67. The van der Waals surface area contributed by atoms with Crippen LogP contribution in [0, 0.1) is 16.0 Å². The lowest BCUT2D eigenvalue weighted by molar-refractivity contribution is -0.383. The molecule has 2 N–H and O–H groups in total. The normalized spacial score (nSPS) is 15.5. The average molecular weight is 357 g/mol. The standard InChI is InChI=1S/C16H24N4O3.ClH/c1-17-9-6-13-7-10-19(11-8-13)12-16(21)18-14-4-2-3-5-15(14)20(22)23;/h2-5,13,17H,6-12H2,1H3,(H,18,21);1H. The third-order valence-electron chi connectivity index (χ3n) is 4.25. The van der Waals surface area contributed by atoms with E-state index in [1.54, 1.807) is 18.2 Å². The van der Waals surface area contributed by atoms with Crippen molar-refractivity contribution in [3.05, 3.63) is 34.4 Å². The second-order valence-corrected chi connectivity index (χ2v) is 5.93. The summed E-state index contributed by atoms with van der Waals surface area (Å²) in [5, 5.41) is 16.8. The predicted molar refractivity (Wildman–Crippen MR) is 96.7 cm³/mol. The number of nitrogens with zero attached hydrogens (tertiary/aromatic N) is 2. The predicted octanol–water partition coefficient (Wildman–Crippen LogP) is 2.28. The van der Waals surface area contributed by atoms with Gasteiger partial charge in [0, 0.05) is 6.07 Å². The Labute approximate surface area is 148 Å². The van der Waals surface area contributed by atoms with E-state index >= 15 is 0 Å². The molecule has 1 fully saturated rings. The summed E-state index contributed by atoms with van der Waals surface area (Å²) < 4.78 is 0. The van der Waals surface area contributed by atoms with Gasteiger partial charge in [0.2, 0.25) is 5.91 Å². The number of carbonyl (C=O) groups excluding carboxylic acids is 1. The summed E-state index contributed by atoms with van der Waals surface area (Å²) in [6.45, 7) is 3.12. The smallest absolute Gasteiger partial charge is 0.292 e. The second kappa shape index (κ2) is 10.2. The van der Waals surface area contributed by atoms with E-state index in [1.807, 2.05) is 7.05 Å². The van der Waals surface area contributed by atoms with Gasteiger partial charge in [-0.25, -0.2) is 0 Å². The van der Waals surface area contributed by atoms with Gasteiger partial charge in [0.1, 0.15) is 5.69 Å². The van der Waals surface area contributed by atoms with Crippen molar-refractivity contribution in [2.75, 3.05) is 38.5 Å². The van der Waals surface area contributed by atoms with Gasteiger partial charge in [0.15, 0.2) is 0 Å². The molecule has 0 spiro atoms. The van der Waals surface area contributed by atoms with Gasteiger partial charge in [-0.15, -0.1) is 12.4 Å². The van der Waals surface area contributed by atoms with E-state index in [0.29, 0.717) is 0 Å². The maximum absolute atomic E-state index is 12.1. The first-order valence-electron chi connectivity index (χ1n) is 8.00. The number of hydrogen-bond donors (Lipinski definition) is 2. The molecule has 1 saturated heterocycles. The summed E-state index contributed by atoms with van der Waals surface area (Å²) in [6.07, 6.45) is 3.37. The molecule has 0 saturated carbocycles. The van der Waals surface area contributed by atoms with E-state index in [0.717, 1.165) is 38.4 Å². The van der Waals surface area contributed by atoms with Crippen molar-refractivity contribution in [1.29, 1.82) is 0 Å². The lowest BCUT2D eigenvalue weighted by Gasteiger charge is -2.31. The monoisotopic (exact) mass is 356 g/mol. The summed E-state index contributed by atoms with van der Waals surface area (Å²) in [4.78, 5) is 24.7. The highest BCUT2D eigenvalue weighted by molar-refractivity contribution is 5.94. The highest BCUT2D eigenvalue weighted by Gasteiger charge is 2.21. The summed E-state index contributed by atoms with van der Waals surface area (Å²) in [6, 6.07) is 6.21. The van der Waals surface area contributed by atoms with Crippen LogP contribution in [0.3, 0.4) is 0 Å². The number of piperidine rings is 1. The van der Waals surface area contributed by atoms with Crippen LogP contribution in [-0.4, -0.2) is 49.0 Å². The minimum Gasteiger partial charge on any atom is -0.320 e. The number of benzene rings is 1. The number of carbonyl (C=O) groups is 1. The van der Waals surface area contributed by atoms with Gasteiger partial charge in [-0.1, -0.05) is 12.1 Å². The minimum atomic E-state index is -0.483. The first-order chi connectivity index (χ1) is 11.1. The molecule has 1 amide bonds. The molecule has 2 rings (SSSR count). The van der Waals surface area contributed by atoms with Crippen molar-refractivity contribution in [1.82, 2.24) is 10.2 Å². The van der Waals surface area contributed by atoms with Crippen LogP contribution in [0.2, 0.25) is 0 Å². The van der Waals surface area contributed by atoms with E-state index in [2.05, 4.69) is 15.5 Å². The molecular weight excluding hydrogens is 332 g/mol. The number of halogens is 1. The maximum atomic E-state index is 12.1. The molecule has 8 heteroatoms. The van der Waals surface area contributed by atoms with Crippen molar-refractivity contribution < 1.29 is 9.72 Å². The van der Waals surface area contributed by atoms with Crippen LogP contribution in [0.4, 0.5) is 11.4 Å². The van der Waals surface area contributed by atoms with Crippen molar-refractivity contribution in [3.63, 3.8) is 0 Å². The fourth-order valence-corrected chi connectivity index (χ4v) is 2.91.